The molecule has 0 aromatic carbocycles. The van der Waals surface area contributed by atoms with Crippen LogP contribution in [0.3, 0.4) is 0 Å². The smallest absolute Gasteiger partial charge is 0.190 e. The van der Waals surface area contributed by atoms with Crippen molar-refractivity contribution >= 4 is 5.96 Å². The van der Waals surface area contributed by atoms with Crippen molar-refractivity contribution in [3.8, 4) is 0 Å². The maximum Gasteiger partial charge on any atom is 0.190 e. The Hall–Kier alpha value is -0.810. The van der Waals surface area contributed by atoms with Crippen LogP contribution in [0, 0.1) is 11.8 Å². The van der Waals surface area contributed by atoms with Gasteiger partial charge in [-0.25, -0.2) is 0 Å². The van der Waals surface area contributed by atoms with Gasteiger partial charge < -0.3 is 20.1 Å². The molecule has 1 saturated heterocycles. The Bertz CT molecular complexity index is 318. The van der Waals surface area contributed by atoms with E-state index < -0.39 is 0 Å². The molecule has 5 nitrogen and oxygen atoms in total. The van der Waals surface area contributed by atoms with Crippen molar-refractivity contribution in [1.82, 2.24) is 10.6 Å². The number of nitrogens with one attached hydrogen (secondary N) is 2. The molecule has 0 saturated carbocycles. The second-order valence-corrected chi connectivity index (χ2v) is 6.78. The SMILES string of the molecule is CCCCC(CC)CNC(=NC)NCCCOCC1CCOCC1. The van der Waals surface area contributed by atoms with Crippen LogP contribution in [-0.2, 0) is 9.47 Å². The number of aliphatic imine (C=N–C) groups is 1. The molecule has 0 radical (unpaired) electrons. The molecule has 0 aromatic heterocycles. The molecule has 0 amide bonds. The van der Waals surface area contributed by atoms with Crippen molar-refractivity contribution in [2.45, 2.75) is 58.8 Å². The van der Waals surface area contributed by atoms with Crippen LogP contribution >= 0.6 is 0 Å². The van der Waals surface area contributed by atoms with Gasteiger partial charge in [0.1, 0.15) is 0 Å². The third-order valence-corrected chi connectivity index (χ3v) is 4.78. The number of hydrogen-bond acceptors (Lipinski definition) is 3. The molecular weight excluding hydrogens is 302 g/mol. The minimum atomic E-state index is 0.690. The summed E-state index contributed by atoms with van der Waals surface area (Å²) in [7, 11) is 1.84. The first-order chi connectivity index (χ1) is 11.8. The molecule has 142 valence electrons. The van der Waals surface area contributed by atoms with E-state index in [1.807, 2.05) is 7.05 Å². The Morgan fingerprint density at radius 1 is 1.21 bits per heavy atom. The zero-order valence-corrected chi connectivity index (χ0v) is 16.1. The molecule has 2 N–H and O–H groups in total. The van der Waals surface area contributed by atoms with Crippen molar-refractivity contribution in [3.05, 3.63) is 0 Å². The number of unbranched alkanes of at least 4 members (excludes halogenated alkanes) is 1. The van der Waals surface area contributed by atoms with Crippen LogP contribution in [0.4, 0.5) is 0 Å². The quantitative estimate of drug-likeness (QED) is 0.325. The van der Waals surface area contributed by atoms with Gasteiger partial charge in [-0.3, -0.25) is 4.99 Å². The molecule has 1 heterocycles. The van der Waals surface area contributed by atoms with Crippen LogP contribution in [0.15, 0.2) is 4.99 Å². The van der Waals surface area contributed by atoms with Gasteiger partial charge in [0.25, 0.3) is 0 Å². The maximum absolute atomic E-state index is 5.79. The van der Waals surface area contributed by atoms with Gasteiger partial charge >= 0.3 is 0 Å². The molecule has 0 bridgehead atoms. The normalized spacial score (nSPS) is 17.7. The second-order valence-electron chi connectivity index (χ2n) is 6.78. The molecule has 24 heavy (non-hydrogen) atoms. The van der Waals surface area contributed by atoms with E-state index in [-0.39, 0.29) is 0 Å². The van der Waals surface area contributed by atoms with Crippen molar-refractivity contribution < 1.29 is 9.47 Å². The van der Waals surface area contributed by atoms with E-state index in [1.165, 1.54) is 25.7 Å². The zero-order chi connectivity index (χ0) is 17.5. The molecule has 1 aliphatic rings. The number of ether oxygens (including phenoxy) is 2. The first-order valence-electron chi connectivity index (χ1n) is 9.90. The van der Waals surface area contributed by atoms with Gasteiger partial charge in [0, 0.05) is 46.6 Å². The van der Waals surface area contributed by atoms with Crippen LogP contribution in [0.25, 0.3) is 0 Å². The summed E-state index contributed by atoms with van der Waals surface area (Å²) in [6, 6.07) is 0. The number of nitrogens with zero attached hydrogens (tertiary/aromatic N) is 1. The standard InChI is InChI=1S/C19H39N3O2/c1-4-6-8-17(5-2)15-22-19(20-3)21-11-7-12-24-16-18-9-13-23-14-10-18/h17-18H,4-16H2,1-3H3,(H2,20,21,22). The lowest BCUT2D eigenvalue weighted by Crippen LogP contribution is -2.40. The van der Waals surface area contributed by atoms with Gasteiger partial charge in [0.15, 0.2) is 5.96 Å². The highest BCUT2D eigenvalue weighted by molar-refractivity contribution is 5.79. The highest BCUT2D eigenvalue weighted by atomic mass is 16.5. The van der Waals surface area contributed by atoms with Crippen LogP contribution in [0.1, 0.15) is 58.8 Å². The van der Waals surface area contributed by atoms with Crippen molar-refractivity contribution in [1.29, 1.82) is 0 Å². The summed E-state index contributed by atoms with van der Waals surface area (Å²) in [4.78, 5) is 4.31. The summed E-state index contributed by atoms with van der Waals surface area (Å²) in [5, 5.41) is 6.84. The average molecular weight is 342 g/mol. The Morgan fingerprint density at radius 2 is 2.00 bits per heavy atom. The van der Waals surface area contributed by atoms with E-state index in [0.717, 1.165) is 70.7 Å². The largest absolute Gasteiger partial charge is 0.381 e. The monoisotopic (exact) mass is 341 g/mol. The fraction of sp³-hybridized carbons (Fsp3) is 0.947. The summed E-state index contributed by atoms with van der Waals surface area (Å²) in [5.41, 5.74) is 0. The maximum atomic E-state index is 5.79. The predicted octanol–water partition coefficient (Wildman–Crippen LogP) is 3.20. The van der Waals surface area contributed by atoms with Crippen molar-refractivity contribution in [2.24, 2.45) is 16.8 Å². The zero-order valence-electron chi connectivity index (χ0n) is 16.1. The minimum Gasteiger partial charge on any atom is -0.381 e. The third-order valence-electron chi connectivity index (χ3n) is 4.78. The van der Waals surface area contributed by atoms with Crippen LogP contribution in [0.5, 0.6) is 0 Å². The van der Waals surface area contributed by atoms with E-state index in [0.29, 0.717) is 5.92 Å². The highest BCUT2D eigenvalue weighted by Gasteiger charge is 2.13. The van der Waals surface area contributed by atoms with Gasteiger partial charge in [-0.2, -0.15) is 0 Å². The highest BCUT2D eigenvalue weighted by Crippen LogP contribution is 2.14. The van der Waals surface area contributed by atoms with Gasteiger partial charge in [-0.05, 0) is 37.5 Å². The molecule has 1 fully saturated rings. The van der Waals surface area contributed by atoms with Gasteiger partial charge in [-0.15, -0.1) is 0 Å². The topological polar surface area (TPSA) is 54.9 Å². The summed E-state index contributed by atoms with van der Waals surface area (Å²) in [6.07, 6.45) is 8.42. The lowest BCUT2D eigenvalue weighted by atomic mass is 9.99. The van der Waals surface area contributed by atoms with E-state index in [9.17, 15) is 0 Å². The first-order valence-corrected chi connectivity index (χ1v) is 9.90. The summed E-state index contributed by atoms with van der Waals surface area (Å²) < 4.78 is 11.2. The van der Waals surface area contributed by atoms with Gasteiger partial charge in [-0.1, -0.05) is 33.1 Å². The third kappa shape index (κ3) is 10.1. The number of rotatable bonds is 12. The molecule has 1 aliphatic heterocycles. The van der Waals surface area contributed by atoms with Crippen LogP contribution < -0.4 is 10.6 Å². The molecule has 1 atom stereocenters. The van der Waals surface area contributed by atoms with Crippen molar-refractivity contribution in [2.75, 3.05) is 46.6 Å². The molecular formula is C19H39N3O2. The van der Waals surface area contributed by atoms with Gasteiger partial charge in [0.05, 0.1) is 0 Å². The Kier molecular flexibility index (Phi) is 12.9. The molecule has 0 aliphatic carbocycles. The Morgan fingerprint density at radius 3 is 2.67 bits per heavy atom. The van der Waals surface area contributed by atoms with E-state index in [2.05, 4.69) is 29.5 Å². The minimum absolute atomic E-state index is 0.690. The number of guanidine groups is 1. The van der Waals surface area contributed by atoms with Crippen molar-refractivity contribution in [3.63, 3.8) is 0 Å². The number of hydrogen-bond donors (Lipinski definition) is 2. The van der Waals surface area contributed by atoms with E-state index >= 15 is 0 Å². The van der Waals surface area contributed by atoms with E-state index in [1.54, 1.807) is 0 Å². The van der Waals surface area contributed by atoms with Crippen LogP contribution in [0.2, 0.25) is 0 Å². The summed E-state index contributed by atoms with van der Waals surface area (Å²) in [6.45, 7) is 9.93. The van der Waals surface area contributed by atoms with E-state index in [4.69, 9.17) is 9.47 Å². The molecule has 0 spiro atoms. The van der Waals surface area contributed by atoms with Gasteiger partial charge in [0.2, 0.25) is 0 Å². The molecule has 0 aromatic rings. The fourth-order valence-electron chi connectivity index (χ4n) is 2.95. The summed E-state index contributed by atoms with van der Waals surface area (Å²) in [5.74, 6) is 2.34. The fourth-order valence-corrected chi connectivity index (χ4v) is 2.95. The molecule has 1 unspecified atom stereocenters. The first kappa shape index (κ1) is 21.2. The summed E-state index contributed by atoms with van der Waals surface area (Å²) >= 11 is 0. The lowest BCUT2D eigenvalue weighted by Gasteiger charge is -2.21. The Balaban J connectivity index is 2.02. The molecule has 5 heteroatoms. The lowest BCUT2D eigenvalue weighted by molar-refractivity contribution is 0.0203. The average Bonchev–Trinajstić information content (AvgIpc) is 2.63. The Labute approximate surface area is 149 Å². The van der Waals surface area contributed by atoms with Crippen LogP contribution in [-0.4, -0.2) is 52.5 Å². The predicted molar refractivity (Wildman–Crippen MR) is 102 cm³/mol. The molecule has 1 rings (SSSR count). The second kappa shape index (κ2) is 14.5.